The van der Waals surface area contributed by atoms with Gasteiger partial charge in [-0.3, -0.25) is 4.79 Å². The summed E-state index contributed by atoms with van der Waals surface area (Å²) in [6.45, 7) is 3.40. The molecule has 132 valence electrons. The summed E-state index contributed by atoms with van der Waals surface area (Å²) >= 11 is 6.00. The highest BCUT2D eigenvalue weighted by atomic mass is 35.5. The minimum atomic E-state index is -0.724. The van der Waals surface area contributed by atoms with Crippen molar-refractivity contribution in [3.8, 4) is 0 Å². The Morgan fingerprint density at radius 2 is 1.88 bits per heavy atom. The van der Waals surface area contributed by atoms with Gasteiger partial charge in [0.15, 0.2) is 5.58 Å². The van der Waals surface area contributed by atoms with Crippen LogP contribution < -0.4 is 5.63 Å². The zero-order valence-electron chi connectivity index (χ0n) is 13.7. The van der Waals surface area contributed by atoms with Crippen molar-refractivity contribution < 1.29 is 18.7 Å². The van der Waals surface area contributed by atoms with Crippen LogP contribution >= 0.6 is 11.6 Å². The molecule has 0 N–H and O–H groups in total. The zero-order valence-corrected chi connectivity index (χ0v) is 14.4. The number of para-hydroxylation sites is 1. The number of rotatable bonds is 2. The largest absolute Gasteiger partial charge is 0.450 e. The molecule has 2 heterocycles. The summed E-state index contributed by atoms with van der Waals surface area (Å²) in [5, 5.41) is 0.900. The monoisotopic (exact) mass is 364 g/mol. The Hall–Kier alpha value is -2.54. The number of fused-ring (bicyclic) bond motifs is 1. The summed E-state index contributed by atoms with van der Waals surface area (Å²) in [4.78, 5) is 39.6. The molecule has 2 aromatic rings. The van der Waals surface area contributed by atoms with E-state index < -0.39 is 17.6 Å². The Morgan fingerprint density at radius 3 is 2.56 bits per heavy atom. The highest BCUT2D eigenvalue weighted by Crippen LogP contribution is 2.22. The third-order valence-corrected chi connectivity index (χ3v) is 4.33. The third kappa shape index (κ3) is 3.46. The predicted molar refractivity (Wildman–Crippen MR) is 92.0 cm³/mol. The fourth-order valence-electron chi connectivity index (χ4n) is 2.74. The second kappa shape index (κ2) is 7.14. The van der Waals surface area contributed by atoms with Crippen LogP contribution in [0, 0.1) is 0 Å². The zero-order chi connectivity index (χ0) is 18.0. The summed E-state index contributed by atoms with van der Waals surface area (Å²) in [6, 6.07) is 6.55. The van der Waals surface area contributed by atoms with Crippen molar-refractivity contribution in [2.75, 3.05) is 32.8 Å². The van der Waals surface area contributed by atoms with E-state index in [1.807, 2.05) is 0 Å². The van der Waals surface area contributed by atoms with Crippen LogP contribution in [0.5, 0.6) is 0 Å². The molecule has 2 amide bonds. The van der Waals surface area contributed by atoms with Crippen LogP contribution in [-0.4, -0.2) is 54.6 Å². The molecule has 1 aliphatic rings. The van der Waals surface area contributed by atoms with Crippen molar-refractivity contribution >= 4 is 34.6 Å². The predicted octanol–water partition coefficient (Wildman–Crippen LogP) is 2.36. The van der Waals surface area contributed by atoms with E-state index in [-0.39, 0.29) is 11.1 Å². The number of piperazine rings is 1. The standard InChI is InChI=1S/C17H17ClN2O5/c1-2-24-17(23)20-8-6-19(7-9-20)15(21)12-10-11-4-3-5-13(18)14(11)25-16(12)22/h3-5,10H,2,6-9H2,1H3. The van der Waals surface area contributed by atoms with Crippen LogP contribution in [0.3, 0.4) is 0 Å². The van der Waals surface area contributed by atoms with E-state index in [2.05, 4.69) is 0 Å². The van der Waals surface area contributed by atoms with Gasteiger partial charge in [-0.2, -0.15) is 0 Å². The summed E-state index contributed by atoms with van der Waals surface area (Å²) < 4.78 is 10.2. The maximum Gasteiger partial charge on any atom is 0.409 e. The van der Waals surface area contributed by atoms with E-state index in [0.29, 0.717) is 43.2 Å². The van der Waals surface area contributed by atoms with Crippen LogP contribution in [0.4, 0.5) is 4.79 Å². The van der Waals surface area contributed by atoms with Crippen molar-refractivity contribution in [2.24, 2.45) is 0 Å². The minimum Gasteiger partial charge on any atom is -0.450 e. The maximum atomic E-state index is 12.6. The summed E-state index contributed by atoms with van der Waals surface area (Å²) in [7, 11) is 0. The topological polar surface area (TPSA) is 80.1 Å². The molecule has 25 heavy (non-hydrogen) atoms. The van der Waals surface area contributed by atoms with Crippen molar-refractivity contribution in [3.63, 3.8) is 0 Å². The Kier molecular flexibility index (Phi) is 4.94. The van der Waals surface area contributed by atoms with Crippen molar-refractivity contribution in [1.29, 1.82) is 0 Å². The van der Waals surface area contributed by atoms with Gasteiger partial charge in [0.2, 0.25) is 0 Å². The van der Waals surface area contributed by atoms with Gasteiger partial charge >= 0.3 is 11.7 Å². The molecule has 0 radical (unpaired) electrons. The molecule has 0 atom stereocenters. The highest BCUT2D eigenvalue weighted by molar-refractivity contribution is 6.34. The molecule has 0 saturated carbocycles. The number of halogens is 1. The first-order valence-corrected chi connectivity index (χ1v) is 8.32. The smallest absolute Gasteiger partial charge is 0.409 e. The Labute approximate surface area is 148 Å². The van der Waals surface area contributed by atoms with Gasteiger partial charge in [0.25, 0.3) is 5.91 Å². The van der Waals surface area contributed by atoms with Gasteiger partial charge in [-0.25, -0.2) is 9.59 Å². The molecular formula is C17H17ClN2O5. The van der Waals surface area contributed by atoms with Gasteiger partial charge in [-0.05, 0) is 19.1 Å². The first-order chi connectivity index (χ1) is 12.0. The van der Waals surface area contributed by atoms with Crippen LogP contribution in [0.1, 0.15) is 17.3 Å². The Morgan fingerprint density at radius 1 is 1.20 bits per heavy atom. The third-order valence-electron chi connectivity index (χ3n) is 4.04. The lowest BCUT2D eigenvalue weighted by molar-refractivity contribution is 0.0567. The Bertz CT molecular complexity index is 871. The number of amides is 2. The second-order valence-electron chi connectivity index (χ2n) is 5.58. The van der Waals surface area contributed by atoms with E-state index in [4.69, 9.17) is 20.8 Å². The molecule has 0 unspecified atom stereocenters. The number of hydrogen-bond donors (Lipinski definition) is 0. The molecule has 0 bridgehead atoms. The summed E-state index contributed by atoms with van der Waals surface area (Å²) in [5.41, 5.74) is -0.504. The summed E-state index contributed by atoms with van der Waals surface area (Å²) in [6.07, 6.45) is -0.394. The molecule has 1 saturated heterocycles. The number of benzene rings is 1. The van der Waals surface area contributed by atoms with Gasteiger partial charge in [0.05, 0.1) is 11.6 Å². The van der Waals surface area contributed by atoms with E-state index in [9.17, 15) is 14.4 Å². The molecule has 8 heteroatoms. The van der Waals surface area contributed by atoms with Crippen LogP contribution in [0.15, 0.2) is 33.5 Å². The van der Waals surface area contributed by atoms with E-state index in [1.165, 1.54) is 15.9 Å². The van der Waals surface area contributed by atoms with Gasteiger partial charge in [0, 0.05) is 31.6 Å². The molecule has 0 aliphatic carbocycles. The average molecular weight is 365 g/mol. The first kappa shape index (κ1) is 17.3. The SMILES string of the molecule is CCOC(=O)N1CCN(C(=O)c2cc3cccc(Cl)c3oc2=O)CC1. The van der Waals surface area contributed by atoms with Crippen LogP contribution in [-0.2, 0) is 4.74 Å². The normalized spacial score (nSPS) is 14.6. The van der Waals surface area contributed by atoms with Gasteiger partial charge < -0.3 is 19.0 Å². The fourth-order valence-corrected chi connectivity index (χ4v) is 2.96. The highest BCUT2D eigenvalue weighted by Gasteiger charge is 2.27. The second-order valence-corrected chi connectivity index (χ2v) is 5.99. The van der Waals surface area contributed by atoms with Crippen molar-refractivity contribution in [2.45, 2.75) is 6.92 Å². The van der Waals surface area contributed by atoms with Gasteiger partial charge in [0.1, 0.15) is 5.56 Å². The number of ether oxygens (including phenoxy) is 1. The molecule has 0 spiro atoms. The van der Waals surface area contributed by atoms with Gasteiger partial charge in [-0.1, -0.05) is 23.7 Å². The molecule has 7 nitrogen and oxygen atoms in total. The summed E-state index contributed by atoms with van der Waals surface area (Å²) in [5.74, 6) is -0.417. The molecule has 1 aromatic heterocycles. The van der Waals surface area contributed by atoms with E-state index in [0.717, 1.165) is 0 Å². The van der Waals surface area contributed by atoms with Gasteiger partial charge in [-0.15, -0.1) is 0 Å². The number of hydrogen-bond acceptors (Lipinski definition) is 5. The minimum absolute atomic E-state index is 0.0423. The number of nitrogens with zero attached hydrogens (tertiary/aromatic N) is 2. The molecule has 1 aromatic carbocycles. The van der Waals surface area contributed by atoms with Crippen molar-refractivity contribution in [1.82, 2.24) is 9.80 Å². The quantitative estimate of drug-likeness (QED) is 0.764. The maximum absolute atomic E-state index is 12.6. The molecule has 3 rings (SSSR count). The molecular weight excluding hydrogens is 348 g/mol. The van der Waals surface area contributed by atoms with Crippen LogP contribution in [0.2, 0.25) is 5.02 Å². The first-order valence-electron chi connectivity index (χ1n) is 7.94. The lowest BCUT2D eigenvalue weighted by Gasteiger charge is -2.33. The number of carbonyl (C=O) groups excluding carboxylic acids is 2. The molecule has 1 fully saturated rings. The van der Waals surface area contributed by atoms with E-state index >= 15 is 0 Å². The van der Waals surface area contributed by atoms with Crippen LogP contribution in [0.25, 0.3) is 11.0 Å². The fraction of sp³-hybridized carbons (Fsp3) is 0.353. The van der Waals surface area contributed by atoms with E-state index in [1.54, 1.807) is 25.1 Å². The lowest BCUT2D eigenvalue weighted by atomic mass is 10.1. The number of carbonyl (C=O) groups is 2. The Balaban J connectivity index is 1.78. The molecule has 1 aliphatic heterocycles. The average Bonchev–Trinajstić information content (AvgIpc) is 2.62. The lowest BCUT2D eigenvalue weighted by Crippen LogP contribution is -2.51. The van der Waals surface area contributed by atoms with Crippen molar-refractivity contribution in [3.05, 3.63) is 45.3 Å².